The van der Waals surface area contributed by atoms with Crippen molar-refractivity contribution >= 4 is 49.8 Å². The molecule has 5 aromatic carbocycles. The summed E-state index contributed by atoms with van der Waals surface area (Å²) in [5.74, 6) is 0.625. The standard InChI is InChI=1S/C32H21N3O/c1-20-11-14-27-24(17-20)25-18-21(12-15-28(25)34(27)23-7-3-2-4-8-23)22-13-16-31-30(19-22)35-29-10-6-5-9-26(29)33-32(35)36-31/h2-19H,1H3. The van der Waals surface area contributed by atoms with Crippen LogP contribution in [0.15, 0.2) is 114 Å². The van der Waals surface area contributed by atoms with E-state index < -0.39 is 0 Å². The Labute approximate surface area is 206 Å². The molecule has 4 heteroatoms. The van der Waals surface area contributed by atoms with Gasteiger partial charge in [-0.3, -0.25) is 4.40 Å². The molecule has 0 fully saturated rings. The van der Waals surface area contributed by atoms with E-state index in [0.717, 1.165) is 27.7 Å². The molecule has 0 N–H and O–H groups in total. The van der Waals surface area contributed by atoms with Crippen molar-refractivity contribution in [2.75, 3.05) is 0 Å². The highest BCUT2D eigenvalue weighted by Crippen LogP contribution is 2.36. The lowest BCUT2D eigenvalue weighted by Crippen LogP contribution is -1.93. The van der Waals surface area contributed by atoms with Crippen molar-refractivity contribution in [1.29, 1.82) is 0 Å². The predicted molar refractivity (Wildman–Crippen MR) is 147 cm³/mol. The molecule has 170 valence electrons. The predicted octanol–water partition coefficient (Wildman–Crippen LogP) is 8.31. The number of imidazole rings is 1. The molecule has 0 bridgehead atoms. The molecule has 0 aliphatic carbocycles. The van der Waals surface area contributed by atoms with Crippen molar-refractivity contribution in [3.63, 3.8) is 0 Å². The van der Waals surface area contributed by atoms with Gasteiger partial charge < -0.3 is 8.98 Å². The number of hydrogen-bond acceptors (Lipinski definition) is 2. The van der Waals surface area contributed by atoms with E-state index in [0.29, 0.717) is 5.84 Å². The van der Waals surface area contributed by atoms with Crippen LogP contribution >= 0.6 is 0 Å². The Hall–Kier alpha value is -4.83. The van der Waals surface area contributed by atoms with Crippen LogP contribution in [-0.2, 0) is 0 Å². The van der Waals surface area contributed by atoms with E-state index in [2.05, 4.69) is 112 Å². The van der Waals surface area contributed by atoms with Crippen molar-refractivity contribution in [3.8, 4) is 16.8 Å². The quantitative estimate of drug-likeness (QED) is 0.258. The summed E-state index contributed by atoms with van der Waals surface area (Å²) in [7, 11) is 0. The maximum atomic E-state index is 6.07. The number of aromatic nitrogens is 3. The van der Waals surface area contributed by atoms with Crippen LogP contribution in [0.2, 0.25) is 0 Å². The van der Waals surface area contributed by atoms with E-state index in [9.17, 15) is 0 Å². The van der Waals surface area contributed by atoms with Gasteiger partial charge in [-0.05, 0) is 78.7 Å². The summed E-state index contributed by atoms with van der Waals surface area (Å²) >= 11 is 0. The fourth-order valence-electron chi connectivity index (χ4n) is 5.53. The largest absolute Gasteiger partial charge is 0.423 e. The Morgan fingerprint density at radius 1 is 0.611 bits per heavy atom. The van der Waals surface area contributed by atoms with E-state index in [-0.39, 0.29) is 0 Å². The second-order valence-corrected chi connectivity index (χ2v) is 9.43. The molecule has 0 aliphatic heterocycles. The SMILES string of the molecule is Cc1ccc2c(c1)c1cc(-c3ccc4oc5nc6ccccc6n5c4c3)ccc1n2-c1ccccc1. The van der Waals surface area contributed by atoms with Gasteiger partial charge in [0.25, 0.3) is 0 Å². The molecule has 0 unspecified atom stereocenters. The van der Waals surface area contributed by atoms with Crippen molar-refractivity contribution < 1.29 is 4.42 Å². The molecule has 36 heavy (non-hydrogen) atoms. The molecule has 0 radical (unpaired) electrons. The number of hydrogen-bond donors (Lipinski definition) is 0. The maximum Gasteiger partial charge on any atom is 0.307 e. The fourth-order valence-corrected chi connectivity index (χ4v) is 5.53. The Kier molecular flexibility index (Phi) is 3.84. The normalized spacial score (nSPS) is 12.0. The first-order valence-electron chi connectivity index (χ1n) is 12.1. The van der Waals surface area contributed by atoms with Crippen LogP contribution in [0.4, 0.5) is 0 Å². The highest BCUT2D eigenvalue weighted by molar-refractivity contribution is 6.10. The van der Waals surface area contributed by atoms with Gasteiger partial charge in [-0.2, -0.15) is 4.98 Å². The molecule has 0 saturated heterocycles. The minimum atomic E-state index is 0.625. The first-order valence-corrected chi connectivity index (χ1v) is 12.1. The Balaban J connectivity index is 1.39. The highest BCUT2D eigenvalue weighted by atomic mass is 16.4. The van der Waals surface area contributed by atoms with Crippen LogP contribution in [0, 0.1) is 6.92 Å². The van der Waals surface area contributed by atoms with Crippen molar-refractivity contribution in [2.45, 2.75) is 6.92 Å². The lowest BCUT2D eigenvalue weighted by Gasteiger charge is -2.08. The Bertz CT molecular complexity index is 2110. The second kappa shape index (κ2) is 7.09. The van der Waals surface area contributed by atoms with E-state index in [1.54, 1.807) is 0 Å². The van der Waals surface area contributed by atoms with Gasteiger partial charge in [0.05, 0.1) is 27.6 Å². The number of oxazole rings is 1. The molecule has 3 aromatic heterocycles. The van der Waals surface area contributed by atoms with Gasteiger partial charge in [0.15, 0.2) is 5.58 Å². The van der Waals surface area contributed by atoms with E-state index in [4.69, 9.17) is 4.42 Å². The van der Waals surface area contributed by atoms with Gasteiger partial charge in [-0.1, -0.05) is 54.1 Å². The number of rotatable bonds is 2. The highest BCUT2D eigenvalue weighted by Gasteiger charge is 2.16. The summed E-state index contributed by atoms with van der Waals surface area (Å²) in [5, 5.41) is 2.52. The molecule has 0 aliphatic rings. The summed E-state index contributed by atoms with van der Waals surface area (Å²) in [6.45, 7) is 2.16. The number of benzene rings is 5. The first kappa shape index (κ1) is 19.5. The van der Waals surface area contributed by atoms with Crippen LogP contribution in [-0.4, -0.2) is 14.0 Å². The number of aryl methyl sites for hydroxylation is 1. The summed E-state index contributed by atoms with van der Waals surface area (Å²) in [5.41, 5.74) is 11.0. The molecule has 0 saturated carbocycles. The third-order valence-electron chi connectivity index (χ3n) is 7.20. The minimum absolute atomic E-state index is 0.625. The topological polar surface area (TPSA) is 35.4 Å². The lowest BCUT2D eigenvalue weighted by molar-refractivity contribution is 0.643. The van der Waals surface area contributed by atoms with Crippen LogP contribution in [0.3, 0.4) is 0 Å². The molecular weight excluding hydrogens is 442 g/mol. The van der Waals surface area contributed by atoms with E-state index >= 15 is 0 Å². The number of fused-ring (bicyclic) bond motifs is 8. The smallest absolute Gasteiger partial charge is 0.307 e. The number of para-hydroxylation sites is 3. The van der Waals surface area contributed by atoms with Gasteiger partial charge in [-0.25, -0.2) is 0 Å². The van der Waals surface area contributed by atoms with Crippen molar-refractivity contribution in [2.24, 2.45) is 0 Å². The molecular formula is C32H21N3O. The average molecular weight is 464 g/mol. The van der Waals surface area contributed by atoms with Crippen LogP contribution in [0.1, 0.15) is 5.56 Å². The fraction of sp³-hybridized carbons (Fsp3) is 0.0312. The van der Waals surface area contributed by atoms with Gasteiger partial charge in [0.1, 0.15) is 0 Å². The Morgan fingerprint density at radius 2 is 1.33 bits per heavy atom. The molecule has 0 spiro atoms. The van der Waals surface area contributed by atoms with E-state index in [1.165, 1.54) is 38.6 Å². The van der Waals surface area contributed by atoms with Gasteiger partial charge in [0, 0.05) is 16.5 Å². The lowest BCUT2D eigenvalue weighted by atomic mass is 10.0. The van der Waals surface area contributed by atoms with E-state index in [1.807, 2.05) is 18.2 Å². The van der Waals surface area contributed by atoms with Crippen LogP contribution in [0.5, 0.6) is 0 Å². The number of nitrogens with zero attached hydrogens (tertiary/aromatic N) is 3. The third kappa shape index (κ3) is 2.67. The van der Waals surface area contributed by atoms with Gasteiger partial charge in [0.2, 0.25) is 0 Å². The zero-order chi connectivity index (χ0) is 23.8. The minimum Gasteiger partial charge on any atom is -0.423 e. The molecule has 3 heterocycles. The summed E-state index contributed by atoms with van der Waals surface area (Å²) in [6.07, 6.45) is 0. The molecule has 8 rings (SSSR count). The second-order valence-electron chi connectivity index (χ2n) is 9.43. The first-order chi connectivity index (χ1) is 17.7. The summed E-state index contributed by atoms with van der Waals surface area (Å²) in [6, 6.07) is 38.6. The van der Waals surface area contributed by atoms with Crippen LogP contribution in [0.25, 0.3) is 66.6 Å². The monoisotopic (exact) mass is 463 g/mol. The summed E-state index contributed by atoms with van der Waals surface area (Å²) in [4.78, 5) is 4.66. The maximum absolute atomic E-state index is 6.07. The van der Waals surface area contributed by atoms with Gasteiger partial charge >= 0.3 is 5.84 Å². The van der Waals surface area contributed by atoms with Crippen molar-refractivity contribution in [3.05, 3.63) is 115 Å². The van der Waals surface area contributed by atoms with Crippen molar-refractivity contribution in [1.82, 2.24) is 14.0 Å². The van der Waals surface area contributed by atoms with Crippen LogP contribution < -0.4 is 0 Å². The molecule has 0 atom stereocenters. The zero-order valence-electron chi connectivity index (χ0n) is 19.6. The molecule has 4 nitrogen and oxygen atoms in total. The molecule has 0 amide bonds. The van der Waals surface area contributed by atoms with Gasteiger partial charge in [-0.15, -0.1) is 0 Å². The summed E-state index contributed by atoms with van der Waals surface area (Å²) < 4.78 is 10.5. The Morgan fingerprint density at radius 3 is 2.22 bits per heavy atom. The molecule has 8 aromatic rings. The zero-order valence-corrected chi connectivity index (χ0v) is 19.6. The third-order valence-corrected chi connectivity index (χ3v) is 7.20. The average Bonchev–Trinajstić information content (AvgIpc) is 3.56.